The van der Waals surface area contributed by atoms with Crippen LogP contribution in [0.15, 0.2) is 36.4 Å². The molecule has 0 aromatic heterocycles. The summed E-state index contributed by atoms with van der Waals surface area (Å²) in [6.07, 6.45) is 2.36. The summed E-state index contributed by atoms with van der Waals surface area (Å²) in [5.41, 5.74) is 4.61. The third-order valence-electron chi connectivity index (χ3n) is 4.66. The fourth-order valence-corrected chi connectivity index (χ4v) is 3.45. The molecule has 1 aliphatic rings. The number of methoxy groups -OCH3 is 2. The van der Waals surface area contributed by atoms with Crippen molar-refractivity contribution in [1.29, 1.82) is 0 Å². The number of rotatable bonds is 4. The van der Waals surface area contributed by atoms with Gasteiger partial charge in [-0.25, -0.2) is 0 Å². The smallest absolute Gasteiger partial charge is 0.161 e. The minimum atomic E-state index is -0.214. The number of hydrogen-bond donors (Lipinski definition) is 0. The molecule has 0 aliphatic heterocycles. The van der Waals surface area contributed by atoms with Gasteiger partial charge in [0.25, 0.3) is 0 Å². The molecule has 1 atom stereocenters. The molecule has 1 aliphatic carbocycles. The highest BCUT2D eigenvalue weighted by molar-refractivity contribution is 5.90. The van der Waals surface area contributed by atoms with Crippen molar-refractivity contribution in [2.24, 2.45) is 0 Å². The Morgan fingerprint density at radius 1 is 1.00 bits per heavy atom. The van der Waals surface area contributed by atoms with E-state index < -0.39 is 0 Å². The van der Waals surface area contributed by atoms with Crippen molar-refractivity contribution in [2.75, 3.05) is 14.2 Å². The minimum Gasteiger partial charge on any atom is -0.493 e. The lowest BCUT2D eigenvalue weighted by Crippen LogP contribution is -2.15. The molecule has 0 saturated carbocycles. The molecule has 0 spiro atoms. The number of benzene rings is 2. The van der Waals surface area contributed by atoms with Crippen molar-refractivity contribution >= 4 is 5.78 Å². The topological polar surface area (TPSA) is 35.5 Å². The highest BCUT2D eigenvalue weighted by Gasteiger charge is 2.29. The van der Waals surface area contributed by atoms with Gasteiger partial charge < -0.3 is 9.47 Å². The monoisotopic (exact) mass is 310 g/mol. The van der Waals surface area contributed by atoms with E-state index in [4.69, 9.17) is 9.47 Å². The molecule has 3 nitrogen and oxygen atoms in total. The van der Waals surface area contributed by atoms with Gasteiger partial charge in [-0.15, -0.1) is 0 Å². The summed E-state index contributed by atoms with van der Waals surface area (Å²) in [7, 11) is 3.27. The van der Waals surface area contributed by atoms with Crippen LogP contribution in [0.25, 0.3) is 0 Å². The maximum Gasteiger partial charge on any atom is 0.161 e. The Bertz CT molecular complexity index is 734. The number of carbonyl (C=O) groups excluding carboxylic acids is 1. The number of ether oxygens (including phenoxy) is 2. The number of fused-ring (bicyclic) bond motifs is 2. The van der Waals surface area contributed by atoms with Gasteiger partial charge in [0.05, 0.1) is 20.1 Å². The molecule has 0 saturated heterocycles. The third-order valence-corrected chi connectivity index (χ3v) is 4.66. The highest BCUT2D eigenvalue weighted by Crippen LogP contribution is 2.40. The predicted molar refractivity (Wildman–Crippen MR) is 90.5 cm³/mol. The molecule has 3 heteroatoms. The Hall–Kier alpha value is -2.29. The van der Waals surface area contributed by atoms with Crippen molar-refractivity contribution < 1.29 is 14.3 Å². The quantitative estimate of drug-likeness (QED) is 0.859. The van der Waals surface area contributed by atoms with E-state index in [0.29, 0.717) is 12.2 Å². The normalized spacial score (nSPS) is 16.0. The average Bonchev–Trinajstić information content (AvgIpc) is 2.76. The van der Waals surface area contributed by atoms with Crippen molar-refractivity contribution in [3.63, 3.8) is 0 Å². The summed E-state index contributed by atoms with van der Waals surface area (Å²) >= 11 is 0. The Kier molecular flexibility index (Phi) is 4.37. The van der Waals surface area contributed by atoms with Gasteiger partial charge in [0.1, 0.15) is 5.78 Å². The van der Waals surface area contributed by atoms with Crippen LogP contribution in [-0.2, 0) is 17.6 Å². The van der Waals surface area contributed by atoms with Crippen LogP contribution >= 0.6 is 0 Å². The number of carbonyl (C=O) groups is 1. The van der Waals surface area contributed by atoms with Crippen molar-refractivity contribution in [2.45, 2.75) is 32.1 Å². The number of ketones is 1. The lowest BCUT2D eigenvalue weighted by Gasteiger charge is -2.20. The van der Waals surface area contributed by atoms with E-state index in [0.717, 1.165) is 29.7 Å². The number of hydrogen-bond acceptors (Lipinski definition) is 3. The fraction of sp³-hybridized carbons (Fsp3) is 0.350. The van der Waals surface area contributed by atoms with Crippen LogP contribution in [0.3, 0.4) is 0 Å². The van der Waals surface area contributed by atoms with Crippen LogP contribution in [-0.4, -0.2) is 20.0 Å². The number of aryl methyl sites for hydroxylation is 2. The highest BCUT2D eigenvalue weighted by atomic mass is 16.5. The van der Waals surface area contributed by atoms with Gasteiger partial charge in [0.15, 0.2) is 11.5 Å². The van der Waals surface area contributed by atoms with Crippen molar-refractivity contribution in [1.82, 2.24) is 0 Å². The lowest BCUT2D eigenvalue weighted by molar-refractivity contribution is -0.119. The summed E-state index contributed by atoms with van der Waals surface area (Å²) in [5, 5.41) is 0. The van der Waals surface area contributed by atoms with Gasteiger partial charge >= 0.3 is 0 Å². The molecule has 2 aromatic carbocycles. The molecular formula is C20H22O3. The largest absolute Gasteiger partial charge is 0.493 e. The van der Waals surface area contributed by atoms with E-state index in [9.17, 15) is 4.79 Å². The van der Waals surface area contributed by atoms with Crippen LogP contribution < -0.4 is 9.47 Å². The molecule has 0 N–H and O–H groups in total. The Balaban J connectivity index is 2.23. The second-order valence-electron chi connectivity index (χ2n) is 5.86. The standard InChI is InChI=1S/C20H22O3/c1-4-17(21)20-15-8-6-5-7-13(15)9-10-14-11-18(22-2)19(23-3)12-16(14)20/h5-8,11-12,20H,4,9-10H2,1-3H3. The maximum absolute atomic E-state index is 12.7. The molecule has 0 amide bonds. The van der Waals surface area contributed by atoms with E-state index in [1.807, 2.05) is 31.2 Å². The molecule has 2 aromatic rings. The zero-order valence-electron chi connectivity index (χ0n) is 13.9. The molecule has 0 heterocycles. The molecule has 3 rings (SSSR count). The SMILES string of the molecule is CCC(=O)C1c2ccccc2CCc2cc(OC)c(OC)cc21. The molecule has 1 unspecified atom stereocenters. The molecule has 0 bridgehead atoms. The molecule has 0 radical (unpaired) electrons. The minimum absolute atomic E-state index is 0.214. The van der Waals surface area contributed by atoms with E-state index in [2.05, 4.69) is 12.1 Å². The van der Waals surface area contributed by atoms with E-state index >= 15 is 0 Å². The van der Waals surface area contributed by atoms with Crippen LogP contribution in [0.4, 0.5) is 0 Å². The van der Waals surface area contributed by atoms with E-state index in [1.54, 1.807) is 14.2 Å². The van der Waals surface area contributed by atoms with Gasteiger partial charge in [-0.1, -0.05) is 31.2 Å². The number of Topliss-reactive ketones (excluding diaryl/α,β-unsaturated/α-hetero) is 1. The first-order valence-electron chi connectivity index (χ1n) is 8.04. The summed E-state index contributed by atoms with van der Waals surface area (Å²) in [6.45, 7) is 1.93. The summed E-state index contributed by atoms with van der Waals surface area (Å²) in [4.78, 5) is 12.7. The predicted octanol–water partition coefficient (Wildman–Crippen LogP) is 3.91. The maximum atomic E-state index is 12.7. The molecule has 23 heavy (non-hydrogen) atoms. The van der Waals surface area contributed by atoms with Gasteiger partial charge in [0.2, 0.25) is 0 Å². The first kappa shape index (κ1) is 15.6. The molecular weight excluding hydrogens is 288 g/mol. The van der Waals surface area contributed by atoms with Crippen molar-refractivity contribution in [3.05, 3.63) is 58.7 Å². The first-order valence-corrected chi connectivity index (χ1v) is 8.04. The second-order valence-corrected chi connectivity index (χ2v) is 5.86. The van der Waals surface area contributed by atoms with Crippen LogP contribution in [0, 0.1) is 0 Å². The third kappa shape index (κ3) is 2.72. The average molecular weight is 310 g/mol. The second kappa shape index (κ2) is 6.45. The Morgan fingerprint density at radius 3 is 2.35 bits per heavy atom. The van der Waals surface area contributed by atoms with Gasteiger partial charge in [0, 0.05) is 6.42 Å². The zero-order chi connectivity index (χ0) is 16.4. The van der Waals surface area contributed by atoms with E-state index in [-0.39, 0.29) is 11.7 Å². The Labute approximate surface area is 137 Å². The van der Waals surface area contributed by atoms with Gasteiger partial charge in [-0.2, -0.15) is 0 Å². The van der Waals surface area contributed by atoms with Gasteiger partial charge in [-0.3, -0.25) is 4.79 Å². The lowest BCUT2D eigenvalue weighted by atomic mass is 9.84. The molecule has 120 valence electrons. The van der Waals surface area contributed by atoms with Gasteiger partial charge in [-0.05, 0) is 47.2 Å². The van der Waals surface area contributed by atoms with Crippen molar-refractivity contribution in [3.8, 4) is 11.5 Å². The summed E-state index contributed by atoms with van der Waals surface area (Å²) in [6, 6.07) is 12.3. The molecule has 0 fully saturated rings. The summed E-state index contributed by atoms with van der Waals surface area (Å²) in [5.74, 6) is 1.43. The van der Waals surface area contributed by atoms with Crippen LogP contribution in [0.1, 0.15) is 41.5 Å². The summed E-state index contributed by atoms with van der Waals surface area (Å²) < 4.78 is 10.9. The first-order chi connectivity index (χ1) is 11.2. The fourth-order valence-electron chi connectivity index (χ4n) is 3.45. The Morgan fingerprint density at radius 2 is 1.65 bits per heavy atom. The van der Waals surface area contributed by atoms with Crippen LogP contribution in [0.5, 0.6) is 11.5 Å². The zero-order valence-corrected chi connectivity index (χ0v) is 13.9. The van der Waals surface area contributed by atoms with E-state index in [1.165, 1.54) is 11.1 Å². The van der Waals surface area contributed by atoms with Crippen LogP contribution in [0.2, 0.25) is 0 Å².